The number of likely N-dealkylation sites (tertiary alicyclic amines) is 1. The van der Waals surface area contributed by atoms with Crippen LogP contribution >= 0.6 is 0 Å². The molecule has 6 nitrogen and oxygen atoms in total. The molecule has 1 amide bonds. The number of hydrogen-bond acceptors (Lipinski definition) is 5. The molecular formula is C13H24N2O4. The van der Waals surface area contributed by atoms with Gasteiger partial charge in [-0.25, -0.2) is 0 Å². The summed E-state index contributed by atoms with van der Waals surface area (Å²) in [4.78, 5) is 25.3. The Morgan fingerprint density at radius 2 is 2.21 bits per heavy atom. The molecule has 0 aromatic heterocycles. The summed E-state index contributed by atoms with van der Waals surface area (Å²) in [5, 5.41) is 2.78. The summed E-state index contributed by atoms with van der Waals surface area (Å²) >= 11 is 0. The Morgan fingerprint density at radius 3 is 2.89 bits per heavy atom. The monoisotopic (exact) mass is 272 g/mol. The van der Waals surface area contributed by atoms with Crippen LogP contribution in [0.25, 0.3) is 0 Å². The molecule has 110 valence electrons. The predicted molar refractivity (Wildman–Crippen MR) is 70.7 cm³/mol. The number of rotatable bonds is 7. The fourth-order valence-corrected chi connectivity index (χ4v) is 2.20. The second-order valence-corrected chi connectivity index (χ2v) is 4.67. The summed E-state index contributed by atoms with van der Waals surface area (Å²) in [5.74, 6) is -0.269. The minimum Gasteiger partial charge on any atom is -0.466 e. The normalized spacial score (nSPS) is 20.0. The zero-order chi connectivity index (χ0) is 14.1. The first kappa shape index (κ1) is 15.9. The van der Waals surface area contributed by atoms with Crippen LogP contribution in [0.5, 0.6) is 0 Å². The molecule has 0 aliphatic carbocycles. The van der Waals surface area contributed by atoms with Gasteiger partial charge in [0.2, 0.25) is 5.91 Å². The second kappa shape index (κ2) is 8.87. The molecule has 1 heterocycles. The van der Waals surface area contributed by atoms with E-state index in [1.54, 1.807) is 7.11 Å². The second-order valence-electron chi connectivity index (χ2n) is 4.67. The van der Waals surface area contributed by atoms with Gasteiger partial charge in [-0.1, -0.05) is 0 Å². The van der Waals surface area contributed by atoms with Crippen LogP contribution in [0.4, 0.5) is 0 Å². The van der Waals surface area contributed by atoms with E-state index in [9.17, 15) is 9.59 Å². The van der Waals surface area contributed by atoms with Crippen molar-refractivity contribution in [2.45, 2.75) is 19.8 Å². The van der Waals surface area contributed by atoms with Crippen LogP contribution in [0, 0.1) is 5.92 Å². The smallest absolute Gasteiger partial charge is 0.310 e. The van der Waals surface area contributed by atoms with Crippen molar-refractivity contribution in [1.82, 2.24) is 10.2 Å². The lowest BCUT2D eigenvalue weighted by atomic mass is 9.98. The predicted octanol–water partition coefficient (Wildman–Crippen LogP) is 0.0241. The molecule has 1 aliphatic heterocycles. The number of nitrogens with one attached hydrogen (secondary N) is 1. The number of ether oxygens (including phenoxy) is 2. The van der Waals surface area contributed by atoms with Gasteiger partial charge in [0.15, 0.2) is 0 Å². The topological polar surface area (TPSA) is 67.9 Å². The summed E-state index contributed by atoms with van der Waals surface area (Å²) in [7, 11) is 1.60. The van der Waals surface area contributed by atoms with E-state index in [0.717, 1.165) is 19.4 Å². The Bertz CT molecular complexity index is 296. The maximum Gasteiger partial charge on any atom is 0.310 e. The van der Waals surface area contributed by atoms with Crippen LogP contribution in [-0.4, -0.2) is 63.3 Å². The van der Waals surface area contributed by atoms with Crippen LogP contribution in [-0.2, 0) is 19.1 Å². The largest absolute Gasteiger partial charge is 0.466 e. The summed E-state index contributed by atoms with van der Waals surface area (Å²) in [6.45, 7) is 5.04. The highest BCUT2D eigenvalue weighted by atomic mass is 16.5. The Kier molecular flexibility index (Phi) is 7.43. The summed E-state index contributed by atoms with van der Waals surface area (Å²) in [6.07, 6.45) is 1.77. The van der Waals surface area contributed by atoms with E-state index in [2.05, 4.69) is 5.32 Å². The van der Waals surface area contributed by atoms with Crippen molar-refractivity contribution in [2.24, 2.45) is 5.92 Å². The number of carbonyl (C=O) groups excluding carboxylic acids is 2. The third-order valence-corrected chi connectivity index (χ3v) is 3.12. The van der Waals surface area contributed by atoms with E-state index in [4.69, 9.17) is 9.47 Å². The van der Waals surface area contributed by atoms with E-state index in [1.165, 1.54) is 0 Å². The summed E-state index contributed by atoms with van der Waals surface area (Å²) in [6, 6.07) is 0. The van der Waals surface area contributed by atoms with Gasteiger partial charge >= 0.3 is 5.97 Å². The first-order valence-corrected chi connectivity index (χ1v) is 6.82. The number of piperidine rings is 1. The number of methoxy groups -OCH3 is 1. The van der Waals surface area contributed by atoms with Gasteiger partial charge in [-0.3, -0.25) is 14.5 Å². The molecule has 1 N–H and O–H groups in total. The van der Waals surface area contributed by atoms with E-state index in [0.29, 0.717) is 32.8 Å². The molecule has 0 bridgehead atoms. The molecule has 1 rings (SSSR count). The van der Waals surface area contributed by atoms with Crippen molar-refractivity contribution in [1.29, 1.82) is 0 Å². The van der Waals surface area contributed by atoms with E-state index >= 15 is 0 Å². The SMILES string of the molecule is CCOC(=O)C1CCCN(CC(=O)NCCOC)C1. The highest BCUT2D eigenvalue weighted by Gasteiger charge is 2.27. The lowest BCUT2D eigenvalue weighted by Gasteiger charge is -2.30. The Hall–Kier alpha value is -1.14. The number of esters is 1. The molecule has 0 aromatic carbocycles. The maximum absolute atomic E-state index is 11.7. The molecule has 1 aliphatic rings. The van der Waals surface area contributed by atoms with Gasteiger partial charge in [0.25, 0.3) is 0 Å². The highest BCUT2D eigenvalue weighted by molar-refractivity contribution is 5.78. The van der Waals surface area contributed by atoms with Crippen molar-refractivity contribution in [3.8, 4) is 0 Å². The molecule has 1 fully saturated rings. The zero-order valence-electron chi connectivity index (χ0n) is 11.8. The Balaban J connectivity index is 2.30. The molecule has 1 unspecified atom stereocenters. The number of hydrogen-bond donors (Lipinski definition) is 1. The Labute approximate surface area is 114 Å². The fraction of sp³-hybridized carbons (Fsp3) is 0.846. The average Bonchev–Trinajstić information content (AvgIpc) is 2.39. The number of nitrogens with zero attached hydrogens (tertiary/aromatic N) is 1. The molecule has 0 spiro atoms. The van der Waals surface area contributed by atoms with E-state index in [1.807, 2.05) is 11.8 Å². The molecular weight excluding hydrogens is 248 g/mol. The van der Waals surface area contributed by atoms with Crippen molar-refractivity contribution in [3.05, 3.63) is 0 Å². The molecule has 6 heteroatoms. The molecule has 0 aromatic rings. The van der Waals surface area contributed by atoms with Crippen LogP contribution in [0.1, 0.15) is 19.8 Å². The van der Waals surface area contributed by atoms with E-state index < -0.39 is 0 Å². The minimum atomic E-state index is -0.146. The van der Waals surface area contributed by atoms with Gasteiger partial charge in [0.1, 0.15) is 0 Å². The fourth-order valence-electron chi connectivity index (χ4n) is 2.20. The van der Waals surface area contributed by atoms with Gasteiger partial charge in [0, 0.05) is 20.2 Å². The molecule has 1 atom stereocenters. The highest BCUT2D eigenvalue weighted by Crippen LogP contribution is 2.17. The van der Waals surface area contributed by atoms with Crippen molar-refractivity contribution in [3.63, 3.8) is 0 Å². The van der Waals surface area contributed by atoms with Crippen molar-refractivity contribution in [2.75, 3.05) is 46.5 Å². The molecule has 0 radical (unpaired) electrons. The van der Waals surface area contributed by atoms with Crippen molar-refractivity contribution >= 4 is 11.9 Å². The zero-order valence-corrected chi connectivity index (χ0v) is 11.8. The van der Waals surface area contributed by atoms with Crippen LogP contribution < -0.4 is 5.32 Å². The first-order chi connectivity index (χ1) is 9.17. The van der Waals surface area contributed by atoms with Crippen molar-refractivity contribution < 1.29 is 19.1 Å². The van der Waals surface area contributed by atoms with Gasteiger partial charge in [-0.05, 0) is 26.3 Å². The average molecular weight is 272 g/mol. The lowest BCUT2D eigenvalue weighted by molar-refractivity contribution is -0.150. The standard InChI is InChI=1S/C13H24N2O4/c1-3-19-13(17)11-5-4-7-15(9-11)10-12(16)14-6-8-18-2/h11H,3-10H2,1-2H3,(H,14,16). The van der Waals surface area contributed by atoms with Gasteiger partial charge in [-0.2, -0.15) is 0 Å². The summed E-state index contributed by atoms with van der Waals surface area (Å²) < 4.78 is 9.90. The van der Waals surface area contributed by atoms with Gasteiger partial charge < -0.3 is 14.8 Å². The summed E-state index contributed by atoms with van der Waals surface area (Å²) in [5.41, 5.74) is 0. The van der Waals surface area contributed by atoms with E-state index in [-0.39, 0.29) is 17.8 Å². The number of carbonyl (C=O) groups is 2. The quantitative estimate of drug-likeness (QED) is 0.523. The molecule has 19 heavy (non-hydrogen) atoms. The van der Waals surface area contributed by atoms with Gasteiger partial charge in [0.05, 0.1) is 25.7 Å². The molecule has 0 saturated carbocycles. The van der Waals surface area contributed by atoms with Gasteiger partial charge in [-0.15, -0.1) is 0 Å². The van der Waals surface area contributed by atoms with Crippen LogP contribution in [0.2, 0.25) is 0 Å². The van der Waals surface area contributed by atoms with Crippen LogP contribution in [0.15, 0.2) is 0 Å². The lowest BCUT2D eigenvalue weighted by Crippen LogP contribution is -2.45. The minimum absolute atomic E-state index is 0.0263. The third-order valence-electron chi connectivity index (χ3n) is 3.12. The third kappa shape index (κ3) is 6.02. The molecule has 1 saturated heterocycles. The first-order valence-electron chi connectivity index (χ1n) is 6.82. The maximum atomic E-state index is 11.7. The number of amides is 1. The van der Waals surface area contributed by atoms with Crippen LogP contribution in [0.3, 0.4) is 0 Å². The Morgan fingerprint density at radius 1 is 1.42 bits per heavy atom.